The second kappa shape index (κ2) is 4.02. The van der Waals surface area contributed by atoms with E-state index in [2.05, 4.69) is 14.9 Å². The van der Waals surface area contributed by atoms with Gasteiger partial charge in [0.15, 0.2) is 0 Å². The number of aromatic nitrogens is 2. The van der Waals surface area contributed by atoms with Gasteiger partial charge in [-0.1, -0.05) is 0 Å². The third-order valence-electron chi connectivity index (χ3n) is 2.61. The predicted octanol–water partition coefficient (Wildman–Crippen LogP) is 0.616. The summed E-state index contributed by atoms with van der Waals surface area (Å²) in [7, 11) is 1.76. The van der Waals surface area contributed by atoms with Crippen LogP contribution in [-0.2, 0) is 11.3 Å². The first-order chi connectivity index (χ1) is 6.79. The molecular weight excluding hydrogens is 178 g/mol. The lowest BCUT2D eigenvalue weighted by atomic mass is 10.1. The topological polar surface area (TPSA) is 38.2 Å². The minimum Gasteiger partial charge on any atom is -0.379 e. The van der Waals surface area contributed by atoms with Crippen LogP contribution in [0.3, 0.4) is 0 Å². The largest absolute Gasteiger partial charge is 0.379 e. The molecule has 0 atom stereocenters. The van der Waals surface area contributed by atoms with Crippen LogP contribution in [0.1, 0.15) is 11.4 Å². The van der Waals surface area contributed by atoms with Gasteiger partial charge in [-0.3, -0.25) is 14.9 Å². The summed E-state index contributed by atoms with van der Waals surface area (Å²) < 4.78 is 5.21. The van der Waals surface area contributed by atoms with E-state index in [1.165, 1.54) is 0 Å². The van der Waals surface area contributed by atoms with Crippen LogP contribution in [-0.4, -0.2) is 41.2 Å². The monoisotopic (exact) mass is 193 g/mol. The summed E-state index contributed by atoms with van der Waals surface area (Å²) in [5, 5.41) is 0. The summed E-state index contributed by atoms with van der Waals surface area (Å²) in [6, 6.07) is 0. The third-order valence-corrected chi connectivity index (χ3v) is 2.61. The molecule has 1 aliphatic heterocycles. The summed E-state index contributed by atoms with van der Waals surface area (Å²) >= 11 is 0. The van der Waals surface area contributed by atoms with Crippen molar-refractivity contribution >= 4 is 0 Å². The molecule has 0 bridgehead atoms. The quantitative estimate of drug-likeness (QED) is 0.705. The maximum atomic E-state index is 5.21. The lowest BCUT2D eigenvalue weighted by Gasteiger charge is -2.37. The Hall–Kier alpha value is -1.00. The van der Waals surface area contributed by atoms with E-state index < -0.39 is 0 Å². The normalized spacial score (nSPS) is 18.1. The number of hydrogen-bond donors (Lipinski definition) is 0. The van der Waals surface area contributed by atoms with Crippen molar-refractivity contribution in [1.29, 1.82) is 0 Å². The van der Waals surface area contributed by atoms with Crippen molar-refractivity contribution in [3.05, 3.63) is 23.8 Å². The van der Waals surface area contributed by atoms with E-state index in [9.17, 15) is 0 Å². The Morgan fingerprint density at radius 3 is 2.79 bits per heavy atom. The molecule has 1 fully saturated rings. The van der Waals surface area contributed by atoms with Crippen molar-refractivity contribution in [3.8, 4) is 0 Å². The van der Waals surface area contributed by atoms with E-state index in [1.54, 1.807) is 19.5 Å². The highest BCUT2D eigenvalue weighted by Gasteiger charge is 2.26. The highest BCUT2D eigenvalue weighted by atomic mass is 16.5. The number of methoxy groups -OCH3 is 1. The first-order valence-electron chi connectivity index (χ1n) is 4.81. The molecule has 0 spiro atoms. The van der Waals surface area contributed by atoms with Crippen LogP contribution < -0.4 is 0 Å². The Balaban J connectivity index is 1.90. The molecule has 4 heteroatoms. The second-order valence-corrected chi connectivity index (χ2v) is 3.64. The van der Waals surface area contributed by atoms with Crippen LogP contribution in [0.2, 0.25) is 0 Å². The molecule has 0 N–H and O–H groups in total. The molecule has 1 aliphatic rings. The van der Waals surface area contributed by atoms with Gasteiger partial charge >= 0.3 is 0 Å². The molecule has 0 aromatic carbocycles. The fraction of sp³-hybridized carbons (Fsp3) is 0.600. The molecule has 0 unspecified atom stereocenters. The highest BCUT2D eigenvalue weighted by molar-refractivity contribution is 5.08. The molecule has 0 radical (unpaired) electrons. The third kappa shape index (κ3) is 1.91. The lowest BCUT2D eigenvalue weighted by molar-refractivity contribution is -0.0340. The fourth-order valence-electron chi connectivity index (χ4n) is 1.60. The van der Waals surface area contributed by atoms with Gasteiger partial charge in [0.2, 0.25) is 0 Å². The molecule has 1 saturated heterocycles. The second-order valence-electron chi connectivity index (χ2n) is 3.64. The van der Waals surface area contributed by atoms with Crippen molar-refractivity contribution in [2.24, 2.45) is 0 Å². The van der Waals surface area contributed by atoms with E-state index >= 15 is 0 Å². The van der Waals surface area contributed by atoms with Crippen molar-refractivity contribution in [2.45, 2.75) is 19.6 Å². The zero-order valence-electron chi connectivity index (χ0n) is 8.60. The summed E-state index contributed by atoms with van der Waals surface area (Å²) in [4.78, 5) is 10.8. The minimum absolute atomic E-state index is 0.409. The van der Waals surface area contributed by atoms with Crippen LogP contribution in [0.4, 0.5) is 0 Å². The van der Waals surface area contributed by atoms with Gasteiger partial charge in [0.25, 0.3) is 0 Å². The van der Waals surface area contributed by atoms with Crippen molar-refractivity contribution in [1.82, 2.24) is 14.9 Å². The van der Waals surface area contributed by atoms with Gasteiger partial charge in [-0.05, 0) is 6.92 Å². The van der Waals surface area contributed by atoms with Crippen molar-refractivity contribution in [3.63, 3.8) is 0 Å². The molecule has 76 valence electrons. The van der Waals surface area contributed by atoms with Crippen molar-refractivity contribution in [2.75, 3.05) is 20.2 Å². The molecule has 14 heavy (non-hydrogen) atoms. The standard InChI is InChI=1S/C10H15N3O/c1-8-10(12-4-3-11-8)7-13-5-9(6-13)14-2/h3-4,9H,5-7H2,1-2H3. The predicted molar refractivity (Wildman–Crippen MR) is 52.8 cm³/mol. The molecule has 2 rings (SSSR count). The maximum Gasteiger partial charge on any atom is 0.0825 e. The van der Waals surface area contributed by atoms with Gasteiger partial charge in [0.1, 0.15) is 0 Å². The average molecular weight is 193 g/mol. The SMILES string of the molecule is COC1CN(Cc2nccnc2C)C1. The molecule has 0 saturated carbocycles. The Morgan fingerprint density at radius 1 is 1.43 bits per heavy atom. The zero-order valence-corrected chi connectivity index (χ0v) is 8.60. The molecule has 4 nitrogen and oxygen atoms in total. The van der Waals surface area contributed by atoms with Gasteiger partial charge in [0, 0.05) is 39.1 Å². The van der Waals surface area contributed by atoms with E-state index in [0.717, 1.165) is 31.0 Å². The number of likely N-dealkylation sites (tertiary alicyclic amines) is 1. The first kappa shape index (κ1) is 9.55. The molecule has 1 aromatic heterocycles. The van der Waals surface area contributed by atoms with Gasteiger partial charge in [-0.2, -0.15) is 0 Å². The Morgan fingerprint density at radius 2 is 2.14 bits per heavy atom. The van der Waals surface area contributed by atoms with Crippen LogP contribution in [0.25, 0.3) is 0 Å². The zero-order chi connectivity index (χ0) is 9.97. The Labute approximate surface area is 83.9 Å². The summed E-state index contributed by atoms with van der Waals surface area (Å²) in [6.07, 6.45) is 3.88. The first-order valence-corrected chi connectivity index (χ1v) is 4.81. The van der Waals surface area contributed by atoms with Gasteiger partial charge < -0.3 is 4.74 Å². The number of aryl methyl sites for hydroxylation is 1. The van der Waals surface area contributed by atoms with Crippen molar-refractivity contribution < 1.29 is 4.74 Å². The van der Waals surface area contributed by atoms with Gasteiger partial charge in [-0.15, -0.1) is 0 Å². The van der Waals surface area contributed by atoms with Gasteiger partial charge in [-0.25, -0.2) is 0 Å². The summed E-state index contributed by atoms with van der Waals surface area (Å²) in [5.74, 6) is 0. The Bertz CT molecular complexity index is 310. The molecule has 2 heterocycles. The maximum absolute atomic E-state index is 5.21. The van der Waals surface area contributed by atoms with E-state index in [4.69, 9.17) is 4.74 Å². The average Bonchev–Trinajstić information content (AvgIpc) is 2.13. The van der Waals surface area contributed by atoms with Gasteiger partial charge in [0.05, 0.1) is 17.5 Å². The van der Waals surface area contributed by atoms with E-state index in [-0.39, 0.29) is 0 Å². The van der Waals surface area contributed by atoms with Crippen LogP contribution in [0.15, 0.2) is 12.4 Å². The van der Waals surface area contributed by atoms with Crippen LogP contribution >= 0.6 is 0 Å². The molecule has 0 amide bonds. The number of ether oxygens (including phenoxy) is 1. The smallest absolute Gasteiger partial charge is 0.0825 e. The van der Waals surface area contributed by atoms with Crippen LogP contribution in [0.5, 0.6) is 0 Å². The molecular formula is C10H15N3O. The van der Waals surface area contributed by atoms with E-state index in [1.807, 2.05) is 6.92 Å². The minimum atomic E-state index is 0.409. The number of hydrogen-bond acceptors (Lipinski definition) is 4. The van der Waals surface area contributed by atoms with Crippen LogP contribution in [0, 0.1) is 6.92 Å². The highest BCUT2D eigenvalue weighted by Crippen LogP contribution is 2.14. The van der Waals surface area contributed by atoms with E-state index in [0.29, 0.717) is 6.10 Å². The lowest BCUT2D eigenvalue weighted by Crippen LogP contribution is -2.51. The molecule has 0 aliphatic carbocycles. The summed E-state index contributed by atoms with van der Waals surface area (Å²) in [6.45, 7) is 4.90. The number of nitrogens with zero attached hydrogens (tertiary/aromatic N) is 3. The molecule has 1 aromatic rings. The fourth-order valence-corrected chi connectivity index (χ4v) is 1.60. The Kier molecular flexibility index (Phi) is 2.74. The summed E-state index contributed by atoms with van der Waals surface area (Å²) in [5.41, 5.74) is 2.09. The number of rotatable bonds is 3.